The van der Waals surface area contributed by atoms with Gasteiger partial charge in [-0.15, -0.1) is 0 Å². The first-order valence-electron chi connectivity index (χ1n) is 6.24. The van der Waals surface area contributed by atoms with Crippen molar-refractivity contribution in [2.75, 3.05) is 32.5 Å². The molecule has 2 rings (SSSR count). The van der Waals surface area contributed by atoms with E-state index in [2.05, 4.69) is 21.2 Å². The number of amides is 1. The van der Waals surface area contributed by atoms with Gasteiger partial charge in [-0.25, -0.2) is 8.42 Å². The topological polar surface area (TPSA) is 102 Å². The number of ether oxygens (including phenoxy) is 1. The van der Waals surface area contributed by atoms with Crippen molar-refractivity contribution in [3.8, 4) is 0 Å². The van der Waals surface area contributed by atoms with E-state index in [1.54, 1.807) is 12.1 Å². The minimum Gasteiger partial charge on any atom is -0.399 e. The Morgan fingerprint density at radius 1 is 1.52 bits per heavy atom. The zero-order chi connectivity index (χ0) is 15.6. The van der Waals surface area contributed by atoms with Crippen LogP contribution in [-0.2, 0) is 19.6 Å². The van der Waals surface area contributed by atoms with E-state index in [0.717, 1.165) is 4.31 Å². The molecule has 0 saturated carbocycles. The summed E-state index contributed by atoms with van der Waals surface area (Å²) < 4.78 is 32.4. The molecule has 7 nitrogen and oxygen atoms in total. The van der Waals surface area contributed by atoms with Crippen LogP contribution in [0.4, 0.5) is 5.69 Å². The summed E-state index contributed by atoms with van der Waals surface area (Å²) in [5.74, 6) is -0.404. The minimum absolute atomic E-state index is 0.0266. The third kappa shape index (κ3) is 3.20. The number of halogens is 1. The standard InChI is InChI=1S/C12H16BrN3O4S/c1-15-12(17)10-7-20-5-4-16(10)21(18,19)11-6-8(14)2-3-9(11)13/h2-3,6,10H,4-5,7,14H2,1H3,(H,15,17). The van der Waals surface area contributed by atoms with Crippen molar-refractivity contribution in [3.05, 3.63) is 22.7 Å². The van der Waals surface area contributed by atoms with Crippen LogP contribution in [0.25, 0.3) is 0 Å². The molecule has 9 heteroatoms. The van der Waals surface area contributed by atoms with Crippen molar-refractivity contribution in [1.82, 2.24) is 9.62 Å². The van der Waals surface area contributed by atoms with Crippen LogP contribution in [0.1, 0.15) is 0 Å². The third-order valence-electron chi connectivity index (χ3n) is 3.17. The van der Waals surface area contributed by atoms with E-state index in [1.165, 1.54) is 13.1 Å². The van der Waals surface area contributed by atoms with E-state index in [1.807, 2.05) is 0 Å². The molecule has 3 N–H and O–H groups in total. The number of likely N-dealkylation sites (N-methyl/N-ethyl adjacent to an activating group) is 1. The number of morpholine rings is 1. The van der Waals surface area contributed by atoms with Crippen LogP contribution in [0, 0.1) is 0 Å². The Morgan fingerprint density at radius 2 is 2.24 bits per heavy atom. The van der Waals surface area contributed by atoms with Crippen molar-refractivity contribution in [2.45, 2.75) is 10.9 Å². The molecule has 0 bridgehead atoms. The predicted molar refractivity (Wildman–Crippen MR) is 81.1 cm³/mol. The summed E-state index contributed by atoms with van der Waals surface area (Å²) >= 11 is 3.21. The lowest BCUT2D eigenvalue weighted by atomic mass is 10.2. The highest BCUT2D eigenvalue weighted by atomic mass is 79.9. The number of hydrogen-bond acceptors (Lipinski definition) is 5. The first-order valence-corrected chi connectivity index (χ1v) is 8.47. The second-order valence-electron chi connectivity index (χ2n) is 4.51. The lowest BCUT2D eigenvalue weighted by Gasteiger charge is -2.33. The number of sulfonamides is 1. The van der Waals surface area contributed by atoms with E-state index in [0.29, 0.717) is 10.2 Å². The van der Waals surface area contributed by atoms with Crippen LogP contribution < -0.4 is 11.1 Å². The largest absolute Gasteiger partial charge is 0.399 e. The Hall–Kier alpha value is -1.16. The summed E-state index contributed by atoms with van der Waals surface area (Å²) in [6.45, 7) is 0.382. The number of nitrogens with zero attached hydrogens (tertiary/aromatic N) is 1. The summed E-state index contributed by atoms with van der Waals surface area (Å²) in [7, 11) is -2.40. The summed E-state index contributed by atoms with van der Waals surface area (Å²) in [6, 6.07) is 3.65. The number of anilines is 1. The van der Waals surface area contributed by atoms with Gasteiger partial charge in [0.05, 0.1) is 18.1 Å². The monoisotopic (exact) mass is 377 g/mol. The molecular formula is C12H16BrN3O4S. The lowest BCUT2D eigenvalue weighted by molar-refractivity contribution is -0.128. The molecule has 1 aliphatic heterocycles. The van der Waals surface area contributed by atoms with Gasteiger partial charge in [-0.1, -0.05) is 0 Å². The second kappa shape index (κ2) is 6.30. The molecule has 1 heterocycles. The lowest BCUT2D eigenvalue weighted by Crippen LogP contribution is -2.55. The van der Waals surface area contributed by atoms with Gasteiger partial charge >= 0.3 is 0 Å². The third-order valence-corrected chi connectivity index (χ3v) is 6.07. The molecule has 0 aliphatic carbocycles. The van der Waals surface area contributed by atoms with Gasteiger partial charge in [-0.3, -0.25) is 4.79 Å². The van der Waals surface area contributed by atoms with Crippen LogP contribution in [0.15, 0.2) is 27.6 Å². The van der Waals surface area contributed by atoms with Gasteiger partial charge in [0.2, 0.25) is 15.9 Å². The Labute approximate surface area is 131 Å². The number of carbonyl (C=O) groups excluding carboxylic acids is 1. The van der Waals surface area contributed by atoms with E-state index < -0.39 is 22.0 Å². The van der Waals surface area contributed by atoms with Crippen molar-refractivity contribution in [2.24, 2.45) is 0 Å². The van der Waals surface area contributed by atoms with Gasteiger partial charge in [-0.05, 0) is 34.1 Å². The molecule has 0 spiro atoms. The molecule has 1 aliphatic rings. The molecular weight excluding hydrogens is 362 g/mol. The highest BCUT2D eigenvalue weighted by molar-refractivity contribution is 9.10. The van der Waals surface area contributed by atoms with E-state index in [-0.39, 0.29) is 24.7 Å². The van der Waals surface area contributed by atoms with E-state index in [4.69, 9.17) is 10.5 Å². The fraction of sp³-hybridized carbons (Fsp3) is 0.417. The van der Waals surface area contributed by atoms with Crippen molar-refractivity contribution < 1.29 is 17.9 Å². The smallest absolute Gasteiger partial charge is 0.245 e. The van der Waals surface area contributed by atoms with Gasteiger partial charge in [-0.2, -0.15) is 4.31 Å². The molecule has 1 amide bonds. The minimum atomic E-state index is -3.85. The summed E-state index contributed by atoms with van der Waals surface area (Å²) in [4.78, 5) is 11.9. The number of nitrogen functional groups attached to an aromatic ring is 1. The molecule has 0 radical (unpaired) electrons. The summed E-state index contributed by atoms with van der Waals surface area (Å²) in [6.07, 6.45) is 0. The van der Waals surface area contributed by atoms with Gasteiger partial charge in [0.25, 0.3) is 0 Å². The maximum absolute atomic E-state index is 12.8. The van der Waals surface area contributed by atoms with Crippen molar-refractivity contribution in [3.63, 3.8) is 0 Å². The maximum atomic E-state index is 12.8. The fourth-order valence-corrected chi connectivity index (χ4v) is 4.61. The fourth-order valence-electron chi connectivity index (χ4n) is 2.09. The predicted octanol–water partition coefficient (Wildman–Crippen LogP) is 0.167. The van der Waals surface area contributed by atoms with Crippen molar-refractivity contribution >= 4 is 37.5 Å². The van der Waals surface area contributed by atoms with Gasteiger partial charge in [0, 0.05) is 23.8 Å². The maximum Gasteiger partial charge on any atom is 0.245 e. The zero-order valence-electron chi connectivity index (χ0n) is 11.4. The van der Waals surface area contributed by atoms with Crippen LogP contribution in [-0.4, -0.2) is 51.5 Å². The summed E-state index contributed by atoms with van der Waals surface area (Å²) in [5, 5.41) is 2.45. The van der Waals surface area contributed by atoms with Crippen LogP contribution in [0.5, 0.6) is 0 Å². The van der Waals surface area contributed by atoms with Crippen LogP contribution in [0.3, 0.4) is 0 Å². The molecule has 116 valence electrons. The Kier molecular flexibility index (Phi) is 4.87. The molecule has 1 aromatic rings. The number of carbonyl (C=O) groups is 1. The summed E-state index contributed by atoms with van der Waals surface area (Å²) in [5.41, 5.74) is 6.00. The highest BCUT2D eigenvalue weighted by Crippen LogP contribution is 2.29. The molecule has 21 heavy (non-hydrogen) atoms. The molecule has 1 fully saturated rings. The zero-order valence-corrected chi connectivity index (χ0v) is 13.8. The Morgan fingerprint density at radius 3 is 2.90 bits per heavy atom. The van der Waals surface area contributed by atoms with Crippen LogP contribution in [0.2, 0.25) is 0 Å². The average Bonchev–Trinajstić information content (AvgIpc) is 2.48. The Bertz CT molecular complexity index is 650. The first kappa shape index (κ1) is 16.2. The number of nitrogens with two attached hydrogens (primary N) is 1. The average molecular weight is 378 g/mol. The molecule has 1 saturated heterocycles. The number of benzene rings is 1. The van der Waals surface area contributed by atoms with Crippen LogP contribution >= 0.6 is 15.9 Å². The molecule has 1 unspecified atom stereocenters. The van der Waals surface area contributed by atoms with Crippen molar-refractivity contribution in [1.29, 1.82) is 0 Å². The molecule has 0 aromatic heterocycles. The van der Waals surface area contributed by atoms with Gasteiger partial charge in [0.1, 0.15) is 6.04 Å². The molecule has 1 aromatic carbocycles. The molecule has 1 atom stereocenters. The quantitative estimate of drug-likeness (QED) is 0.730. The highest BCUT2D eigenvalue weighted by Gasteiger charge is 2.38. The van der Waals surface area contributed by atoms with Gasteiger partial charge < -0.3 is 15.8 Å². The SMILES string of the molecule is CNC(=O)C1COCCN1S(=O)(=O)c1cc(N)ccc1Br. The van der Waals surface area contributed by atoms with Gasteiger partial charge in [0.15, 0.2) is 0 Å². The Balaban J connectivity index is 2.45. The van der Waals surface area contributed by atoms with E-state index >= 15 is 0 Å². The second-order valence-corrected chi connectivity index (χ2v) is 7.22. The normalized spacial score (nSPS) is 20.2. The van der Waals surface area contributed by atoms with E-state index in [9.17, 15) is 13.2 Å². The number of rotatable bonds is 3. The number of nitrogens with one attached hydrogen (secondary N) is 1. The first-order chi connectivity index (χ1) is 9.87. The number of hydrogen-bond donors (Lipinski definition) is 2.